The molecular formula is C21H32N6O3S. The number of nitrogens with two attached hydrogens (primary N) is 2. The van der Waals surface area contributed by atoms with Crippen LogP contribution in [0.5, 0.6) is 0 Å². The topological polar surface area (TPSA) is 151 Å². The van der Waals surface area contributed by atoms with Crippen LogP contribution in [0.15, 0.2) is 35.4 Å². The summed E-state index contributed by atoms with van der Waals surface area (Å²) in [5, 5.41) is 16.8. The van der Waals surface area contributed by atoms with Crippen LogP contribution in [0.4, 0.5) is 0 Å². The lowest BCUT2D eigenvalue weighted by Crippen LogP contribution is -2.54. The Labute approximate surface area is 187 Å². The third-order valence-electron chi connectivity index (χ3n) is 5.18. The van der Waals surface area contributed by atoms with Crippen LogP contribution in [0.2, 0.25) is 0 Å². The predicted octanol–water partition coefficient (Wildman–Crippen LogP) is 0.395. The summed E-state index contributed by atoms with van der Waals surface area (Å²) in [4.78, 5) is 37.3. The Balaban J connectivity index is 1.98. The summed E-state index contributed by atoms with van der Waals surface area (Å²) in [6.07, 6.45) is 4.92. The van der Waals surface area contributed by atoms with Gasteiger partial charge in [0.25, 0.3) is 0 Å². The van der Waals surface area contributed by atoms with Gasteiger partial charge in [-0.15, -0.1) is 0 Å². The maximum atomic E-state index is 12.8. The van der Waals surface area contributed by atoms with E-state index in [1.165, 1.54) is 0 Å². The number of rotatable bonds is 10. The van der Waals surface area contributed by atoms with Crippen molar-refractivity contribution in [2.24, 2.45) is 16.8 Å². The van der Waals surface area contributed by atoms with Crippen LogP contribution in [0.3, 0.4) is 0 Å². The number of hydrogen-bond donors (Lipinski definition) is 6. The fourth-order valence-electron chi connectivity index (χ4n) is 3.61. The van der Waals surface area contributed by atoms with Gasteiger partial charge >= 0.3 is 0 Å². The van der Waals surface area contributed by atoms with Crippen molar-refractivity contribution < 1.29 is 14.4 Å². The summed E-state index contributed by atoms with van der Waals surface area (Å²) in [7, 11) is 1.67. The van der Waals surface area contributed by atoms with Gasteiger partial charge in [-0.2, -0.15) is 0 Å². The molecule has 1 aromatic carbocycles. The molecule has 10 heteroatoms. The number of amides is 3. The van der Waals surface area contributed by atoms with Crippen LogP contribution in [-0.2, 0) is 14.4 Å². The van der Waals surface area contributed by atoms with Gasteiger partial charge in [-0.25, -0.2) is 0 Å². The second-order valence-corrected chi connectivity index (χ2v) is 8.11. The lowest BCUT2D eigenvalue weighted by Gasteiger charge is -2.30. The molecule has 0 radical (unpaired) electrons. The molecule has 1 saturated carbocycles. The first-order valence-electron chi connectivity index (χ1n) is 10.4. The molecule has 8 N–H and O–H groups in total. The molecule has 0 aromatic heterocycles. The molecule has 0 bridgehead atoms. The van der Waals surface area contributed by atoms with E-state index in [1.807, 2.05) is 30.3 Å². The number of likely N-dealkylation sites (N-methyl/N-ethyl adjacent to an activating group) is 1. The fourth-order valence-corrected chi connectivity index (χ4v) is 4.02. The minimum absolute atomic E-state index is 0.0568. The molecule has 170 valence electrons. The largest absolute Gasteiger partial charge is 0.396 e. The van der Waals surface area contributed by atoms with Crippen molar-refractivity contribution in [3.63, 3.8) is 0 Å². The van der Waals surface area contributed by atoms with E-state index < -0.39 is 11.9 Å². The first-order valence-corrected chi connectivity index (χ1v) is 11.3. The second-order valence-electron chi connectivity index (χ2n) is 7.47. The molecule has 0 spiro atoms. The molecule has 0 heterocycles. The Morgan fingerprint density at radius 1 is 1.06 bits per heavy atom. The Hall–Kier alpha value is -2.56. The summed E-state index contributed by atoms with van der Waals surface area (Å²) in [5.41, 5.74) is 7.17. The normalized spacial score (nSPS) is 16.1. The highest BCUT2D eigenvalue weighted by Gasteiger charge is 2.31. The van der Waals surface area contributed by atoms with Gasteiger partial charge in [0.05, 0.1) is 18.8 Å². The third-order valence-corrected chi connectivity index (χ3v) is 5.74. The number of hydrogen-bond acceptors (Lipinski definition) is 7. The number of carbonyl (C=O) groups excluding carboxylic acids is 3. The van der Waals surface area contributed by atoms with Crippen LogP contribution in [-0.4, -0.2) is 43.9 Å². The van der Waals surface area contributed by atoms with Gasteiger partial charge in [0.2, 0.25) is 17.7 Å². The van der Waals surface area contributed by atoms with Gasteiger partial charge in [-0.3, -0.25) is 19.5 Å². The Kier molecular flexibility index (Phi) is 10.3. The number of benzene rings is 1. The van der Waals surface area contributed by atoms with Crippen LogP contribution in [0, 0.1) is 5.92 Å². The van der Waals surface area contributed by atoms with Crippen molar-refractivity contribution in [3.05, 3.63) is 40.9 Å². The van der Waals surface area contributed by atoms with Crippen molar-refractivity contribution in [3.8, 4) is 0 Å². The first-order chi connectivity index (χ1) is 15.0. The molecule has 1 aliphatic carbocycles. The fraction of sp³-hybridized carbons (Fsp3) is 0.476. The highest BCUT2D eigenvalue weighted by Crippen LogP contribution is 2.26. The van der Waals surface area contributed by atoms with E-state index in [0.29, 0.717) is 10.7 Å². The lowest BCUT2D eigenvalue weighted by molar-refractivity contribution is -0.131. The van der Waals surface area contributed by atoms with Crippen LogP contribution < -0.4 is 32.1 Å². The van der Waals surface area contributed by atoms with E-state index in [0.717, 1.165) is 49.6 Å². The smallest absolute Gasteiger partial charge is 0.244 e. The zero-order valence-electron chi connectivity index (χ0n) is 17.8. The standard InChI is InChI=1S/C21H32N6O3S/c1-24-12-16(28)26-19(15-10-6-3-7-11-15)20(30)25-13-17(29)27-21(31-23)18(22)14-8-4-2-5-9-14/h2,4-5,8-9,15,19,24H,3,6-7,10-13,22-23H2,1H3,(H,25,30)(H,26,28)(H,27,29)/b21-18-. The second kappa shape index (κ2) is 13.0. The van der Waals surface area contributed by atoms with E-state index in [4.69, 9.17) is 10.9 Å². The SMILES string of the molecule is CNCC(=O)NC(C(=O)NCC(=O)N/C(SN)=C(/N)c1ccccc1)C1CCCCC1. The van der Waals surface area contributed by atoms with Gasteiger partial charge in [0.1, 0.15) is 11.1 Å². The van der Waals surface area contributed by atoms with Crippen molar-refractivity contribution in [2.45, 2.75) is 38.1 Å². The van der Waals surface area contributed by atoms with Crippen molar-refractivity contribution in [1.82, 2.24) is 21.3 Å². The average Bonchev–Trinajstić information content (AvgIpc) is 2.80. The molecule has 1 aromatic rings. The molecule has 1 fully saturated rings. The zero-order valence-corrected chi connectivity index (χ0v) is 18.6. The molecule has 1 atom stereocenters. The first kappa shape index (κ1) is 24.7. The van der Waals surface area contributed by atoms with Gasteiger partial charge in [-0.05, 0) is 37.8 Å². The van der Waals surface area contributed by atoms with Gasteiger partial charge in [0, 0.05) is 5.56 Å². The van der Waals surface area contributed by atoms with Gasteiger partial charge in [-0.1, -0.05) is 49.6 Å². The third kappa shape index (κ3) is 7.89. The minimum Gasteiger partial charge on any atom is -0.396 e. The molecule has 0 saturated heterocycles. The molecule has 3 amide bonds. The minimum atomic E-state index is -0.665. The van der Waals surface area contributed by atoms with E-state index in [1.54, 1.807) is 7.05 Å². The van der Waals surface area contributed by atoms with E-state index in [-0.39, 0.29) is 30.8 Å². The summed E-state index contributed by atoms with van der Waals surface area (Å²) < 4.78 is 0. The molecule has 31 heavy (non-hydrogen) atoms. The van der Waals surface area contributed by atoms with Crippen molar-refractivity contribution in [2.75, 3.05) is 20.1 Å². The number of carbonyl (C=O) groups is 3. The van der Waals surface area contributed by atoms with E-state index in [2.05, 4.69) is 21.3 Å². The summed E-state index contributed by atoms with van der Waals surface area (Å²) in [6.45, 7) is -0.131. The number of nitrogens with one attached hydrogen (secondary N) is 4. The predicted molar refractivity (Wildman–Crippen MR) is 123 cm³/mol. The maximum Gasteiger partial charge on any atom is 0.244 e. The van der Waals surface area contributed by atoms with Gasteiger partial charge in [0.15, 0.2) is 0 Å². The van der Waals surface area contributed by atoms with Crippen LogP contribution >= 0.6 is 11.9 Å². The van der Waals surface area contributed by atoms with E-state index >= 15 is 0 Å². The summed E-state index contributed by atoms with van der Waals surface area (Å²) in [5.74, 6) is -1.02. The summed E-state index contributed by atoms with van der Waals surface area (Å²) >= 11 is 0.824. The average molecular weight is 449 g/mol. The van der Waals surface area contributed by atoms with E-state index in [9.17, 15) is 14.4 Å². The Morgan fingerprint density at radius 2 is 1.74 bits per heavy atom. The molecule has 2 rings (SSSR count). The molecule has 1 unspecified atom stereocenters. The molecule has 0 aliphatic heterocycles. The molecule has 1 aliphatic rings. The van der Waals surface area contributed by atoms with Crippen molar-refractivity contribution in [1.29, 1.82) is 0 Å². The molecular weight excluding hydrogens is 416 g/mol. The Morgan fingerprint density at radius 3 is 2.35 bits per heavy atom. The zero-order chi connectivity index (χ0) is 22.6. The quantitative estimate of drug-likeness (QED) is 0.283. The van der Waals surface area contributed by atoms with Crippen LogP contribution in [0.25, 0.3) is 5.70 Å². The monoisotopic (exact) mass is 448 g/mol. The summed E-state index contributed by atoms with van der Waals surface area (Å²) in [6, 6.07) is 8.47. The van der Waals surface area contributed by atoms with Crippen molar-refractivity contribution >= 4 is 35.4 Å². The maximum absolute atomic E-state index is 12.8. The van der Waals surface area contributed by atoms with Crippen LogP contribution in [0.1, 0.15) is 37.7 Å². The molecule has 9 nitrogen and oxygen atoms in total. The highest BCUT2D eigenvalue weighted by molar-refractivity contribution is 8.01. The highest BCUT2D eigenvalue weighted by atomic mass is 32.2. The Bertz CT molecular complexity index is 781. The van der Waals surface area contributed by atoms with Gasteiger partial charge < -0.3 is 27.0 Å². The lowest BCUT2D eigenvalue weighted by atomic mass is 9.83.